The normalized spacial score (nSPS) is 13.0. The molecule has 0 saturated carbocycles. The average Bonchev–Trinajstić information content (AvgIpc) is 1.88. The van der Waals surface area contributed by atoms with Crippen LogP contribution < -0.4 is 4.46 Å². The molecule has 0 heterocycles. The summed E-state index contributed by atoms with van der Waals surface area (Å²) in [5, 5.41) is 0. The third kappa shape index (κ3) is 1.99. The van der Waals surface area contributed by atoms with Crippen LogP contribution in [0.3, 0.4) is 0 Å². The van der Waals surface area contributed by atoms with Crippen LogP contribution in [0, 0.1) is 0 Å². The molecular formula is C6H5BrO2Se. The third-order valence-electron chi connectivity index (χ3n) is 0.998. The predicted octanol–water partition coefficient (Wildman–Crippen LogP) is 0.567. The van der Waals surface area contributed by atoms with Crippen LogP contribution in [0.5, 0.6) is 0 Å². The van der Waals surface area contributed by atoms with Gasteiger partial charge in [0.05, 0.1) is 0 Å². The minimum absolute atomic E-state index is 0.509. The molecule has 0 amide bonds. The van der Waals surface area contributed by atoms with Crippen LogP contribution in [0.25, 0.3) is 0 Å². The number of hydrogen-bond donors (Lipinski definition) is 1. The second-order valence-corrected chi connectivity index (χ2v) is 4.66. The second-order valence-electron chi connectivity index (χ2n) is 1.71. The Bertz CT molecular complexity index is 262. The van der Waals surface area contributed by atoms with Crippen LogP contribution in [0.15, 0.2) is 28.7 Å². The number of rotatable bonds is 1. The SMILES string of the molecule is O=[Se](O)c1cccc(Br)c1. The Kier molecular flexibility index (Phi) is 2.74. The van der Waals surface area contributed by atoms with Gasteiger partial charge in [0, 0.05) is 0 Å². The molecule has 0 bridgehead atoms. The maximum atomic E-state index is 10.5. The summed E-state index contributed by atoms with van der Waals surface area (Å²) in [6, 6.07) is 6.85. The molecule has 1 N–H and O–H groups in total. The molecule has 1 aromatic carbocycles. The first-order valence-electron chi connectivity index (χ1n) is 2.56. The molecule has 1 aromatic rings. The molecule has 0 aliphatic carbocycles. The van der Waals surface area contributed by atoms with E-state index in [1.54, 1.807) is 18.2 Å². The van der Waals surface area contributed by atoms with Crippen molar-refractivity contribution in [3.8, 4) is 0 Å². The van der Waals surface area contributed by atoms with Crippen LogP contribution in [-0.4, -0.2) is 18.4 Å². The predicted molar refractivity (Wildman–Crippen MR) is 42.4 cm³/mol. The first kappa shape index (κ1) is 8.08. The van der Waals surface area contributed by atoms with Crippen LogP contribution in [0.2, 0.25) is 0 Å². The molecule has 54 valence electrons. The van der Waals surface area contributed by atoms with Gasteiger partial charge in [-0.1, -0.05) is 0 Å². The molecular weight excluding hydrogens is 263 g/mol. The summed E-state index contributed by atoms with van der Waals surface area (Å²) in [6.07, 6.45) is 0. The zero-order valence-electron chi connectivity index (χ0n) is 4.95. The topological polar surface area (TPSA) is 37.3 Å². The standard InChI is InChI=1S/C6H5BrO2Se/c7-5-2-1-3-6(4-5)10(8)9/h1-4H,(H,8,9). The van der Waals surface area contributed by atoms with E-state index >= 15 is 0 Å². The Labute approximate surface area is 71.4 Å². The van der Waals surface area contributed by atoms with Crippen molar-refractivity contribution in [2.24, 2.45) is 0 Å². The van der Waals surface area contributed by atoms with Crippen LogP contribution in [0.1, 0.15) is 0 Å². The summed E-state index contributed by atoms with van der Waals surface area (Å²) < 4.78 is 20.6. The molecule has 0 spiro atoms. The fraction of sp³-hybridized carbons (Fsp3) is 0. The van der Waals surface area contributed by atoms with Crippen molar-refractivity contribution in [2.75, 3.05) is 0 Å². The minimum atomic E-state index is -2.72. The molecule has 4 heteroatoms. The van der Waals surface area contributed by atoms with Gasteiger partial charge in [0.15, 0.2) is 0 Å². The molecule has 2 nitrogen and oxygen atoms in total. The van der Waals surface area contributed by atoms with Crippen LogP contribution in [-0.2, 0) is 3.83 Å². The molecule has 0 aliphatic heterocycles. The Morgan fingerprint density at radius 2 is 2.20 bits per heavy atom. The van der Waals surface area contributed by atoms with E-state index < -0.39 is 14.2 Å². The van der Waals surface area contributed by atoms with Crippen LogP contribution >= 0.6 is 15.9 Å². The molecule has 0 fully saturated rings. The van der Waals surface area contributed by atoms with E-state index in [1.807, 2.05) is 6.07 Å². The van der Waals surface area contributed by atoms with E-state index in [4.69, 9.17) is 4.19 Å². The first-order chi connectivity index (χ1) is 4.70. The first-order valence-corrected chi connectivity index (χ1v) is 5.68. The fourth-order valence-electron chi connectivity index (χ4n) is 0.576. The van der Waals surface area contributed by atoms with Crippen molar-refractivity contribution in [2.45, 2.75) is 0 Å². The summed E-state index contributed by atoms with van der Waals surface area (Å²) in [7, 11) is 0. The van der Waals surface area contributed by atoms with Crippen molar-refractivity contribution >= 4 is 34.6 Å². The number of hydrogen-bond acceptors (Lipinski definition) is 1. The van der Waals surface area contributed by atoms with Crippen LogP contribution in [0.4, 0.5) is 0 Å². The van der Waals surface area contributed by atoms with Gasteiger partial charge < -0.3 is 0 Å². The molecule has 1 atom stereocenters. The van der Waals surface area contributed by atoms with E-state index in [2.05, 4.69) is 15.9 Å². The summed E-state index contributed by atoms with van der Waals surface area (Å²) in [6.45, 7) is 0. The zero-order valence-corrected chi connectivity index (χ0v) is 8.25. The van der Waals surface area contributed by atoms with E-state index in [-0.39, 0.29) is 0 Å². The van der Waals surface area contributed by atoms with E-state index in [1.165, 1.54) is 0 Å². The van der Waals surface area contributed by atoms with Crippen molar-refractivity contribution in [3.05, 3.63) is 28.7 Å². The van der Waals surface area contributed by atoms with Gasteiger partial charge in [-0.3, -0.25) is 0 Å². The quantitative estimate of drug-likeness (QED) is 0.756. The molecule has 1 unspecified atom stereocenters. The van der Waals surface area contributed by atoms with Gasteiger partial charge in [0.1, 0.15) is 0 Å². The number of benzene rings is 1. The van der Waals surface area contributed by atoms with Crippen molar-refractivity contribution in [1.82, 2.24) is 0 Å². The van der Waals surface area contributed by atoms with Gasteiger partial charge in [-0.25, -0.2) is 0 Å². The van der Waals surface area contributed by atoms with Gasteiger partial charge in [-0.05, 0) is 0 Å². The summed E-state index contributed by atoms with van der Waals surface area (Å²) in [5.74, 6) is 0. The Balaban J connectivity index is 3.07. The Hall–Kier alpha value is -0.0205. The van der Waals surface area contributed by atoms with Gasteiger partial charge in [0.25, 0.3) is 0 Å². The molecule has 10 heavy (non-hydrogen) atoms. The molecule has 1 rings (SSSR count). The van der Waals surface area contributed by atoms with Gasteiger partial charge in [0.2, 0.25) is 0 Å². The summed E-state index contributed by atoms with van der Waals surface area (Å²) >= 11 is 0.484. The van der Waals surface area contributed by atoms with Gasteiger partial charge in [-0.15, -0.1) is 0 Å². The fourth-order valence-corrected chi connectivity index (χ4v) is 2.20. The molecule has 0 radical (unpaired) electrons. The number of halogens is 1. The second kappa shape index (κ2) is 3.39. The monoisotopic (exact) mass is 268 g/mol. The average molecular weight is 268 g/mol. The maximum absolute atomic E-state index is 10.5. The Morgan fingerprint density at radius 3 is 2.60 bits per heavy atom. The summed E-state index contributed by atoms with van der Waals surface area (Å²) in [4.78, 5) is 0. The molecule has 0 aliphatic rings. The van der Waals surface area contributed by atoms with Crippen molar-refractivity contribution < 1.29 is 8.02 Å². The van der Waals surface area contributed by atoms with Crippen molar-refractivity contribution in [1.29, 1.82) is 0 Å². The third-order valence-corrected chi connectivity index (χ3v) is 2.87. The molecule has 0 saturated heterocycles. The molecule has 0 aromatic heterocycles. The Morgan fingerprint density at radius 1 is 1.50 bits per heavy atom. The van der Waals surface area contributed by atoms with E-state index in [9.17, 15) is 3.83 Å². The van der Waals surface area contributed by atoms with Gasteiger partial charge in [-0.2, -0.15) is 0 Å². The van der Waals surface area contributed by atoms with Gasteiger partial charge >= 0.3 is 71.3 Å². The summed E-state index contributed by atoms with van der Waals surface area (Å²) in [5.41, 5.74) is 0. The van der Waals surface area contributed by atoms with E-state index in [0.29, 0.717) is 4.46 Å². The van der Waals surface area contributed by atoms with Crippen molar-refractivity contribution in [3.63, 3.8) is 0 Å². The van der Waals surface area contributed by atoms with E-state index in [0.717, 1.165) is 4.47 Å². The zero-order chi connectivity index (χ0) is 7.56.